The minimum Gasteiger partial charge on any atom is -0.497 e. The number of aliphatic imine (C=N–C) groups is 1. The number of carbonyl (C=O) groups is 1. The zero-order chi connectivity index (χ0) is 16.1. The van der Waals surface area contributed by atoms with Crippen LogP contribution in [0.15, 0.2) is 59.5 Å². The van der Waals surface area contributed by atoms with Gasteiger partial charge >= 0.3 is 0 Å². The Kier molecular flexibility index (Phi) is 4.47. The van der Waals surface area contributed by atoms with Crippen LogP contribution < -0.4 is 10.1 Å². The SMILES string of the molecule is COc1cccc(CCC2=N/C(=C/c3cccnc3)C(=O)N2)c1. The van der Waals surface area contributed by atoms with Crippen molar-refractivity contribution in [3.05, 3.63) is 65.6 Å². The maximum Gasteiger partial charge on any atom is 0.275 e. The summed E-state index contributed by atoms with van der Waals surface area (Å²) < 4.78 is 5.21. The Hall–Kier alpha value is -2.95. The van der Waals surface area contributed by atoms with E-state index in [-0.39, 0.29) is 5.91 Å². The molecule has 23 heavy (non-hydrogen) atoms. The molecule has 1 N–H and O–H groups in total. The third-order valence-corrected chi connectivity index (χ3v) is 3.52. The second kappa shape index (κ2) is 6.87. The number of aromatic nitrogens is 1. The lowest BCUT2D eigenvalue weighted by Crippen LogP contribution is -2.24. The van der Waals surface area contributed by atoms with Gasteiger partial charge in [0.2, 0.25) is 0 Å². The standard InChI is InChI=1S/C18H17N3O2/c1-23-15-6-2-4-13(10-15)7-8-17-20-16(18(22)21-17)11-14-5-3-9-19-12-14/h2-6,9-12H,7-8H2,1H3,(H,20,21,22)/b16-11+. The van der Waals surface area contributed by atoms with Crippen LogP contribution in [0, 0.1) is 0 Å². The number of benzene rings is 1. The average molecular weight is 307 g/mol. The zero-order valence-electron chi connectivity index (χ0n) is 12.8. The highest BCUT2D eigenvalue weighted by Gasteiger charge is 2.19. The highest BCUT2D eigenvalue weighted by atomic mass is 16.5. The summed E-state index contributed by atoms with van der Waals surface area (Å²) >= 11 is 0. The van der Waals surface area contributed by atoms with Gasteiger partial charge in [0.25, 0.3) is 5.91 Å². The Labute approximate surface area is 134 Å². The van der Waals surface area contributed by atoms with Crippen LogP contribution in [0.5, 0.6) is 5.75 Å². The largest absolute Gasteiger partial charge is 0.497 e. The van der Waals surface area contributed by atoms with Crippen molar-refractivity contribution in [1.82, 2.24) is 10.3 Å². The number of hydrogen-bond donors (Lipinski definition) is 1. The van der Waals surface area contributed by atoms with Crippen LogP contribution in [0.1, 0.15) is 17.5 Å². The van der Waals surface area contributed by atoms with Gasteiger partial charge in [-0.25, -0.2) is 4.99 Å². The number of ether oxygens (including phenoxy) is 1. The maximum atomic E-state index is 12.0. The molecule has 0 radical (unpaired) electrons. The maximum absolute atomic E-state index is 12.0. The van der Waals surface area contributed by atoms with Crippen molar-refractivity contribution in [3.63, 3.8) is 0 Å². The van der Waals surface area contributed by atoms with Gasteiger partial charge in [0.1, 0.15) is 17.3 Å². The van der Waals surface area contributed by atoms with Gasteiger partial charge in [-0.2, -0.15) is 0 Å². The van der Waals surface area contributed by atoms with Gasteiger partial charge in [-0.05, 0) is 41.8 Å². The van der Waals surface area contributed by atoms with E-state index in [2.05, 4.69) is 15.3 Å². The molecule has 0 saturated carbocycles. The second-order valence-corrected chi connectivity index (χ2v) is 5.18. The Balaban J connectivity index is 1.68. The van der Waals surface area contributed by atoms with Crippen LogP contribution in [0.3, 0.4) is 0 Å². The molecule has 0 atom stereocenters. The van der Waals surface area contributed by atoms with Gasteiger partial charge in [0, 0.05) is 18.8 Å². The van der Waals surface area contributed by atoms with E-state index in [1.54, 1.807) is 25.6 Å². The van der Waals surface area contributed by atoms with Gasteiger partial charge in [0.15, 0.2) is 0 Å². The number of nitrogens with one attached hydrogen (secondary N) is 1. The summed E-state index contributed by atoms with van der Waals surface area (Å²) in [6.07, 6.45) is 6.59. The molecule has 1 aliphatic rings. The van der Waals surface area contributed by atoms with Crippen molar-refractivity contribution in [2.24, 2.45) is 4.99 Å². The molecule has 2 heterocycles. The summed E-state index contributed by atoms with van der Waals surface area (Å²) in [7, 11) is 1.65. The van der Waals surface area contributed by atoms with E-state index in [9.17, 15) is 4.79 Å². The fourth-order valence-electron chi connectivity index (χ4n) is 2.35. The molecular weight excluding hydrogens is 290 g/mol. The van der Waals surface area contributed by atoms with E-state index in [1.165, 1.54) is 0 Å². The van der Waals surface area contributed by atoms with Gasteiger partial charge in [-0.3, -0.25) is 9.78 Å². The van der Waals surface area contributed by atoms with Crippen molar-refractivity contribution in [2.75, 3.05) is 7.11 Å². The first kappa shape index (κ1) is 15.0. The molecule has 1 aliphatic heterocycles. The summed E-state index contributed by atoms with van der Waals surface area (Å²) in [5, 5.41) is 2.81. The fraction of sp³-hybridized carbons (Fsp3) is 0.167. The number of pyridine rings is 1. The average Bonchev–Trinajstić information content (AvgIpc) is 2.94. The topological polar surface area (TPSA) is 63.6 Å². The lowest BCUT2D eigenvalue weighted by molar-refractivity contribution is -0.115. The van der Waals surface area contributed by atoms with E-state index < -0.39 is 0 Å². The number of carbonyl (C=O) groups excluding carboxylic acids is 1. The molecule has 0 fully saturated rings. The van der Waals surface area contributed by atoms with Gasteiger partial charge < -0.3 is 10.1 Å². The van der Waals surface area contributed by atoms with Crippen molar-refractivity contribution in [1.29, 1.82) is 0 Å². The first-order chi connectivity index (χ1) is 11.2. The van der Waals surface area contributed by atoms with E-state index in [0.717, 1.165) is 23.3 Å². The minimum absolute atomic E-state index is 0.172. The molecule has 0 aliphatic carbocycles. The van der Waals surface area contributed by atoms with Crippen molar-refractivity contribution in [2.45, 2.75) is 12.8 Å². The van der Waals surface area contributed by atoms with Crippen LogP contribution in [0.25, 0.3) is 6.08 Å². The molecule has 1 amide bonds. The number of methoxy groups -OCH3 is 1. The second-order valence-electron chi connectivity index (χ2n) is 5.18. The third kappa shape index (κ3) is 3.83. The number of amidine groups is 1. The van der Waals surface area contributed by atoms with Crippen LogP contribution in [-0.4, -0.2) is 23.8 Å². The van der Waals surface area contributed by atoms with Crippen LogP contribution in [-0.2, 0) is 11.2 Å². The lowest BCUT2D eigenvalue weighted by atomic mass is 10.1. The molecular formula is C18H17N3O2. The molecule has 1 aromatic heterocycles. The summed E-state index contributed by atoms with van der Waals surface area (Å²) in [6.45, 7) is 0. The van der Waals surface area contributed by atoms with Crippen molar-refractivity contribution < 1.29 is 9.53 Å². The van der Waals surface area contributed by atoms with E-state index >= 15 is 0 Å². The molecule has 3 rings (SSSR count). The molecule has 5 nitrogen and oxygen atoms in total. The van der Waals surface area contributed by atoms with Gasteiger partial charge in [-0.1, -0.05) is 18.2 Å². The van der Waals surface area contributed by atoms with E-state index in [1.807, 2.05) is 36.4 Å². The number of amides is 1. The summed E-state index contributed by atoms with van der Waals surface area (Å²) in [4.78, 5) is 20.4. The first-order valence-electron chi connectivity index (χ1n) is 7.38. The molecule has 116 valence electrons. The first-order valence-corrected chi connectivity index (χ1v) is 7.38. The Morgan fingerprint density at radius 3 is 2.91 bits per heavy atom. The number of nitrogens with zero attached hydrogens (tertiary/aromatic N) is 2. The predicted octanol–water partition coefficient (Wildman–Crippen LogP) is 2.59. The van der Waals surface area contributed by atoms with Crippen molar-refractivity contribution in [3.8, 4) is 5.75 Å². The minimum atomic E-state index is -0.172. The molecule has 2 aromatic rings. The predicted molar refractivity (Wildman–Crippen MR) is 89.1 cm³/mol. The van der Waals surface area contributed by atoms with Gasteiger partial charge in [0.05, 0.1) is 7.11 Å². The van der Waals surface area contributed by atoms with Crippen LogP contribution in [0.2, 0.25) is 0 Å². The number of aryl methyl sites for hydroxylation is 1. The summed E-state index contributed by atoms with van der Waals surface area (Å²) in [5.74, 6) is 1.35. The third-order valence-electron chi connectivity index (χ3n) is 3.52. The number of hydrogen-bond acceptors (Lipinski definition) is 4. The fourth-order valence-corrected chi connectivity index (χ4v) is 2.35. The van der Waals surface area contributed by atoms with E-state index in [0.29, 0.717) is 18.0 Å². The van der Waals surface area contributed by atoms with Crippen LogP contribution in [0.4, 0.5) is 0 Å². The normalized spacial score (nSPS) is 15.4. The Morgan fingerprint density at radius 2 is 2.13 bits per heavy atom. The Morgan fingerprint density at radius 1 is 1.22 bits per heavy atom. The summed E-state index contributed by atoms with van der Waals surface area (Å²) in [6, 6.07) is 11.6. The molecule has 0 unspecified atom stereocenters. The number of rotatable bonds is 5. The van der Waals surface area contributed by atoms with Crippen LogP contribution >= 0.6 is 0 Å². The van der Waals surface area contributed by atoms with E-state index in [4.69, 9.17) is 4.74 Å². The van der Waals surface area contributed by atoms with Gasteiger partial charge in [-0.15, -0.1) is 0 Å². The van der Waals surface area contributed by atoms with Crippen molar-refractivity contribution >= 4 is 17.8 Å². The molecule has 0 spiro atoms. The Bertz CT molecular complexity index is 767. The molecule has 0 bridgehead atoms. The highest BCUT2D eigenvalue weighted by Crippen LogP contribution is 2.16. The molecule has 1 aromatic carbocycles. The molecule has 0 saturated heterocycles. The molecule has 5 heteroatoms. The quantitative estimate of drug-likeness (QED) is 0.864. The monoisotopic (exact) mass is 307 g/mol. The lowest BCUT2D eigenvalue weighted by Gasteiger charge is -2.04. The summed E-state index contributed by atoms with van der Waals surface area (Å²) in [5.41, 5.74) is 2.42. The highest BCUT2D eigenvalue weighted by molar-refractivity contribution is 6.14. The smallest absolute Gasteiger partial charge is 0.275 e. The zero-order valence-corrected chi connectivity index (χ0v) is 12.8.